The van der Waals surface area contributed by atoms with E-state index in [1.54, 1.807) is 6.92 Å². The number of nitrogens with one attached hydrogen (secondary N) is 2. The zero-order valence-electron chi connectivity index (χ0n) is 11.5. The van der Waals surface area contributed by atoms with Crippen LogP contribution >= 0.6 is 0 Å². The van der Waals surface area contributed by atoms with Gasteiger partial charge in [-0.05, 0) is 33.2 Å². The van der Waals surface area contributed by atoms with E-state index < -0.39 is 0 Å². The predicted octanol–water partition coefficient (Wildman–Crippen LogP) is 0.690. The number of piperidine rings is 1. The van der Waals surface area contributed by atoms with Crippen LogP contribution in [0.3, 0.4) is 0 Å². The Hall–Kier alpha value is -1.10. The highest BCUT2D eigenvalue weighted by molar-refractivity contribution is 5.80. The molecule has 2 atom stereocenters. The number of amides is 1. The van der Waals surface area contributed by atoms with Gasteiger partial charge in [0.15, 0.2) is 0 Å². The monoisotopic (exact) mass is 256 g/mol. The largest absolute Gasteiger partial charge is 0.463 e. The molecule has 0 aliphatic carbocycles. The van der Waals surface area contributed by atoms with E-state index in [-0.39, 0.29) is 29.8 Å². The van der Waals surface area contributed by atoms with Crippen molar-refractivity contribution in [3.8, 4) is 0 Å². The number of esters is 1. The number of carbonyl (C=O) groups is 2. The lowest BCUT2D eigenvalue weighted by atomic mass is 9.98. The number of hydrogen-bond acceptors (Lipinski definition) is 4. The summed E-state index contributed by atoms with van der Waals surface area (Å²) in [5.41, 5.74) is 0. The Morgan fingerprint density at radius 3 is 2.67 bits per heavy atom. The standard InChI is InChI=1S/C13H24N2O3/c1-9(2)18-13(17)10(3)7-15-12(16)11-5-4-6-14-8-11/h9-11,14H,4-8H2,1-3H3,(H,15,16). The molecule has 2 unspecified atom stereocenters. The lowest BCUT2D eigenvalue weighted by Gasteiger charge is -2.22. The van der Waals surface area contributed by atoms with Crippen molar-refractivity contribution >= 4 is 11.9 Å². The van der Waals surface area contributed by atoms with Crippen LogP contribution in [0.4, 0.5) is 0 Å². The maximum Gasteiger partial charge on any atom is 0.310 e. The molecule has 1 heterocycles. The van der Waals surface area contributed by atoms with Crippen molar-refractivity contribution < 1.29 is 14.3 Å². The van der Waals surface area contributed by atoms with E-state index in [0.29, 0.717) is 6.54 Å². The van der Waals surface area contributed by atoms with Crippen LogP contribution in [0, 0.1) is 11.8 Å². The molecule has 1 fully saturated rings. The van der Waals surface area contributed by atoms with E-state index in [4.69, 9.17) is 4.74 Å². The second-order valence-corrected chi connectivity index (χ2v) is 5.18. The quantitative estimate of drug-likeness (QED) is 0.710. The first-order chi connectivity index (χ1) is 8.50. The smallest absolute Gasteiger partial charge is 0.310 e. The fraction of sp³-hybridized carbons (Fsp3) is 0.846. The fourth-order valence-corrected chi connectivity index (χ4v) is 1.91. The summed E-state index contributed by atoms with van der Waals surface area (Å²) in [5, 5.41) is 6.03. The van der Waals surface area contributed by atoms with Crippen LogP contribution in [-0.2, 0) is 14.3 Å². The van der Waals surface area contributed by atoms with E-state index >= 15 is 0 Å². The summed E-state index contributed by atoms with van der Waals surface area (Å²) < 4.78 is 5.09. The summed E-state index contributed by atoms with van der Waals surface area (Å²) in [5.74, 6) is -0.488. The third-order valence-electron chi connectivity index (χ3n) is 3.00. The van der Waals surface area contributed by atoms with E-state index in [2.05, 4.69) is 10.6 Å². The van der Waals surface area contributed by atoms with Crippen LogP contribution in [0.5, 0.6) is 0 Å². The molecule has 1 saturated heterocycles. The highest BCUT2D eigenvalue weighted by Crippen LogP contribution is 2.10. The van der Waals surface area contributed by atoms with Gasteiger partial charge in [-0.3, -0.25) is 9.59 Å². The number of carbonyl (C=O) groups excluding carboxylic acids is 2. The highest BCUT2D eigenvalue weighted by atomic mass is 16.5. The summed E-state index contributed by atoms with van der Waals surface area (Å²) in [6, 6.07) is 0. The van der Waals surface area contributed by atoms with Crippen molar-refractivity contribution in [2.45, 2.75) is 39.7 Å². The van der Waals surface area contributed by atoms with Gasteiger partial charge in [-0.1, -0.05) is 6.92 Å². The molecule has 0 aromatic heterocycles. The molecule has 0 aromatic rings. The van der Waals surface area contributed by atoms with Crippen LogP contribution in [0.2, 0.25) is 0 Å². The van der Waals surface area contributed by atoms with Gasteiger partial charge >= 0.3 is 5.97 Å². The second-order valence-electron chi connectivity index (χ2n) is 5.18. The van der Waals surface area contributed by atoms with E-state index in [9.17, 15) is 9.59 Å². The van der Waals surface area contributed by atoms with Gasteiger partial charge in [-0.15, -0.1) is 0 Å². The molecule has 104 valence electrons. The minimum absolute atomic E-state index is 0.0337. The molecule has 0 spiro atoms. The van der Waals surface area contributed by atoms with Crippen molar-refractivity contribution in [1.29, 1.82) is 0 Å². The van der Waals surface area contributed by atoms with E-state index in [1.807, 2.05) is 13.8 Å². The van der Waals surface area contributed by atoms with E-state index in [1.165, 1.54) is 0 Å². The summed E-state index contributed by atoms with van der Waals surface area (Å²) in [6.45, 7) is 7.47. The molecule has 0 radical (unpaired) electrons. The number of rotatable bonds is 5. The Balaban J connectivity index is 2.26. The van der Waals surface area contributed by atoms with Gasteiger partial charge < -0.3 is 15.4 Å². The summed E-state index contributed by atoms with van der Waals surface area (Å²) in [6.07, 6.45) is 1.84. The molecule has 5 nitrogen and oxygen atoms in total. The van der Waals surface area contributed by atoms with Gasteiger partial charge in [-0.25, -0.2) is 0 Å². The van der Waals surface area contributed by atoms with Crippen LogP contribution in [0.1, 0.15) is 33.6 Å². The van der Waals surface area contributed by atoms with Gasteiger partial charge in [0.05, 0.1) is 17.9 Å². The van der Waals surface area contributed by atoms with Crippen LogP contribution in [-0.4, -0.2) is 37.6 Å². The summed E-state index contributed by atoms with van der Waals surface area (Å²) >= 11 is 0. The lowest BCUT2D eigenvalue weighted by molar-refractivity contribution is -0.151. The molecule has 1 aliphatic heterocycles. The first kappa shape index (κ1) is 15.0. The molecule has 1 amide bonds. The molecule has 0 saturated carbocycles. The maximum absolute atomic E-state index is 11.8. The van der Waals surface area contributed by atoms with Crippen molar-refractivity contribution in [2.75, 3.05) is 19.6 Å². The van der Waals surface area contributed by atoms with Gasteiger partial charge in [0.2, 0.25) is 5.91 Å². The summed E-state index contributed by atoms with van der Waals surface area (Å²) in [7, 11) is 0. The third kappa shape index (κ3) is 5.04. The summed E-state index contributed by atoms with van der Waals surface area (Å²) in [4.78, 5) is 23.4. The van der Waals surface area contributed by atoms with Crippen molar-refractivity contribution in [1.82, 2.24) is 10.6 Å². The number of ether oxygens (including phenoxy) is 1. The van der Waals surface area contributed by atoms with Gasteiger partial charge in [-0.2, -0.15) is 0 Å². The minimum Gasteiger partial charge on any atom is -0.463 e. The fourth-order valence-electron chi connectivity index (χ4n) is 1.91. The molecule has 0 bridgehead atoms. The number of hydrogen-bond donors (Lipinski definition) is 2. The van der Waals surface area contributed by atoms with E-state index in [0.717, 1.165) is 25.9 Å². The van der Waals surface area contributed by atoms with Crippen LogP contribution in [0.25, 0.3) is 0 Å². The van der Waals surface area contributed by atoms with Gasteiger partial charge in [0, 0.05) is 13.1 Å². The SMILES string of the molecule is CC(C)OC(=O)C(C)CNC(=O)C1CCCNC1. The Morgan fingerprint density at radius 1 is 1.39 bits per heavy atom. The zero-order chi connectivity index (χ0) is 13.5. The first-order valence-electron chi connectivity index (χ1n) is 6.69. The minimum atomic E-state index is -0.298. The molecule has 1 aliphatic rings. The molecule has 5 heteroatoms. The molecular formula is C13H24N2O3. The highest BCUT2D eigenvalue weighted by Gasteiger charge is 2.22. The average molecular weight is 256 g/mol. The average Bonchev–Trinajstić information content (AvgIpc) is 2.35. The third-order valence-corrected chi connectivity index (χ3v) is 3.00. The predicted molar refractivity (Wildman–Crippen MR) is 69.0 cm³/mol. The topological polar surface area (TPSA) is 67.4 Å². The lowest BCUT2D eigenvalue weighted by Crippen LogP contribution is -2.42. The first-order valence-corrected chi connectivity index (χ1v) is 6.69. The normalized spacial score (nSPS) is 21.4. The second kappa shape index (κ2) is 7.36. The molecular weight excluding hydrogens is 232 g/mol. The van der Waals surface area contributed by atoms with Crippen molar-refractivity contribution in [3.05, 3.63) is 0 Å². The van der Waals surface area contributed by atoms with Crippen LogP contribution in [0.15, 0.2) is 0 Å². The van der Waals surface area contributed by atoms with Crippen molar-refractivity contribution in [2.24, 2.45) is 11.8 Å². The molecule has 2 N–H and O–H groups in total. The van der Waals surface area contributed by atoms with Gasteiger partial charge in [0.1, 0.15) is 0 Å². The molecule has 18 heavy (non-hydrogen) atoms. The Kier molecular flexibility index (Phi) is 6.12. The van der Waals surface area contributed by atoms with Crippen LogP contribution < -0.4 is 10.6 Å². The Bertz CT molecular complexity index is 286. The Morgan fingerprint density at radius 2 is 2.11 bits per heavy atom. The Labute approximate surface area is 109 Å². The maximum atomic E-state index is 11.8. The molecule has 0 aromatic carbocycles. The van der Waals surface area contributed by atoms with Gasteiger partial charge in [0.25, 0.3) is 0 Å². The zero-order valence-corrected chi connectivity index (χ0v) is 11.5. The molecule has 1 rings (SSSR count). The van der Waals surface area contributed by atoms with Crippen molar-refractivity contribution in [3.63, 3.8) is 0 Å².